The Morgan fingerprint density at radius 2 is 2.45 bits per heavy atom. The Labute approximate surface area is 134 Å². The summed E-state index contributed by atoms with van der Waals surface area (Å²) in [6.07, 6.45) is 5.33. The monoisotopic (exact) mass is 322 g/mol. The fourth-order valence-electron chi connectivity index (χ4n) is 3.60. The van der Waals surface area contributed by atoms with Gasteiger partial charge in [0.2, 0.25) is 11.0 Å². The minimum atomic E-state index is -0.270. The minimum Gasteiger partial charge on any atom is -0.368 e. The summed E-state index contributed by atoms with van der Waals surface area (Å²) in [7, 11) is 0. The van der Waals surface area contributed by atoms with E-state index in [9.17, 15) is 4.79 Å². The summed E-state index contributed by atoms with van der Waals surface area (Å²) < 4.78 is 5.86. The SMILES string of the molecule is O=C(NCC1CC1)[C@H]1C[C@]2(CCCN(c3nncs3)C2)CO1. The first kappa shape index (κ1) is 14.4. The van der Waals surface area contributed by atoms with Crippen LogP contribution in [-0.2, 0) is 9.53 Å². The van der Waals surface area contributed by atoms with E-state index in [2.05, 4.69) is 20.4 Å². The summed E-state index contributed by atoms with van der Waals surface area (Å²) in [6.45, 7) is 3.45. The molecular weight excluding hydrogens is 300 g/mol. The molecule has 0 bridgehead atoms. The summed E-state index contributed by atoms with van der Waals surface area (Å²) in [5.41, 5.74) is 1.88. The number of piperidine rings is 1. The van der Waals surface area contributed by atoms with Gasteiger partial charge in [-0.15, -0.1) is 10.2 Å². The highest BCUT2D eigenvalue weighted by Crippen LogP contribution is 2.42. The van der Waals surface area contributed by atoms with Crippen LogP contribution in [0.4, 0.5) is 5.13 Å². The summed E-state index contributed by atoms with van der Waals surface area (Å²) in [6, 6.07) is 0. The predicted octanol–water partition coefficient (Wildman–Crippen LogP) is 1.44. The van der Waals surface area contributed by atoms with Gasteiger partial charge in [0.15, 0.2) is 0 Å². The zero-order valence-corrected chi connectivity index (χ0v) is 13.5. The lowest BCUT2D eigenvalue weighted by Crippen LogP contribution is -2.44. The highest BCUT2D eigenvalue weighted by molar-refractivity contribution is 7.13. The third kappa shape index (κ3) is 2.96. The van der Waals surface area contributed by atoms with Crippen LogP contribution < -0.4 is 10.2 Å². The highest BCUT2D eigenvalue weighted by Gasteiger charge is 2.46. The maximum absolute atomic E-state index is 12.2. The van der Waals surface area contributed by atoms with Crippen LogP contribution in [0.25, 0.3) is 0 Å². The van der Waals surface area contributed by atoms with E-state index in [0.29, 0.717) is 12.5 Å². The van der Waals surface area contributed by atoms with Gasteiger partial charge in [-0.05, 0) is 38.0 Å². The molecule has 3 aliphatic rings. The van der Waals surface area contributed by atoms with Crippen molar-refractivity contribution in [2.75, 3.05) is 31.1 Å². The molecule has 3 fully saturated rings. The number of hydrogen-bond donors (Lipinski definition) is 1. The normalized spacial score (nSPS) is 31.6. The fourth-order valence-corrected chi connectivity index (χ4v) is 4.19. The maximum atomic E-state index is 12.2. The van der Waals surface area contributed by atoms with Gasteiger partial charge in [0.25, 0.3) is 0 Å². The Balaban J connectivity index is 1.36. The molecule has 1 aromatic rings. The van der Waals surface area contributed by atoms with E-state index in [-0.39, 0.29) is 17.4 Å². The quantitative estimate of drug-likeness (QED) is 0.908. The van der Waals surface area contributed by atoms with Crippen molar-refractivity contribution in [2.45, 2.75) is 38.2 Å². The van der Waals surface area contributed by atoms with Crippen LogP contribution in [0.5, 0.6) is 0 Å². The molecule has 0 aromatic carbocycles. The number of aromatic nitrogens is 2. The molecule has 120 valence electrons. The van der Waals surface area contributed by atoms with E-state index in [1.807, 2.05) is 0 Å². The van der Waals surface area contributed by atoms with Crippen molar-refractivity contribution < 1.29 is 9.53 Å². The molecule has 1 saturated carbocycles. The molecule has 2 aliphatic heterocycles. The fraction of sp³-hybridized carbons (Fsp3) is 0.800. The first-order valence-electron chi connectivity index (χ1n) is 8.15. The van der Waals surface area contributed by atoms with Gasteiger partial charge in [-0.1, -0.05) is 11.3 Å². The smallest absolute Gasteiger partial charge is 0.249 e. The third-order valence-electron chi connectivity index (χ3n) is 5.04. The Bertz CT molecular complexity index is 534. The Morgan fingerprint density at radius 3 is 3.23 bits per heavy atom. The lowest BCUT2D eigenvalue weighted by molar-refractivity contribution is -0.130. The number of anilines is 1. The van der Waals surface area contributed by atoms with Crippen molar-refractivity contribution in [3.05, 3.63) is 5.51 Å². The standard InChI is InChI=1S/C15H22N4O2S/c20-13(16-7-11-2-3-11)12-6-15(9-21-12)4-1-5-19(8-15)14-18-17-10-22-14/h10-12H,1-9H2,(H,16,20)/t12-,15+/m1/s1. The maximum Gasteiger partial charge on any atom is 0.249 e. The molecule has 2 saturated heterocycles. The minimum absolute atomic E-state index is 0.0804. The molecule has 3 heterocycles. The number of ether oxygens (including phenoxy) is 1. The zero-order valence-electron chi connectivity index (χ0n) is 12.7. The zero-order chi connectivity index (χ0) is 15.0. The van der Waals surface area contributed by atoms with Crippen LogP contribution in [0.2, 0.25) is 0 Å². The largest absolute Gasteiger partial charge is 0.368 e. The van der Waals surface area contributed by atoms with Gasteiger partial charge in [-0.3, -0.25) is 4.79 Å². The van der Waals surface area contributed by atoms with Crippen molar-refractivity contribution >= 4 is 22.4 Å². The lowest BCUT2D eigenvalue weighted by Gasteiger charge is -2.39. The summed E-state index contributed by atoms with van der Waals surface area (Å²) >= 11 is 1.58. The average Bonchev–Trinajstić information content (AvgIpc) is 3.03. The highest BCUT2D eigenvalue weighted by atomic mass is 32.1. The van der Waals surface area contributed by atoms with Crippen LogP contribution in [0.3, 0.4) is 0 Å². The van der Waals surface area contributed by atoms with Gasteiger partial charge < -0.3 is 15.0 Å². The van der Waals surface area contributed by atoms with E-state index < -0.39 is 0 Å². The molecule has 1 aliphatic carbocycles. The van der Waals surface area contributed by atoms with Crippen molar-refractivity contribution in [3.8, 4) is 0 Å². The first-order chi connectivity index (χ1) is 10.7. The molecule has 0 radical (unpaired) electrons. The van der Waals surface area contributed by atoms with E-state index in [1.165, 1.54) is 12.8 Å². The summed E-state index contributed by atoms with van der Waals surface area (Å²) in [5, 5.41) is 12.1. The molecule has 1 aromatic heterocycles. The number of carbonyl (C=O) groups excluding carboxylic acids is 1. The van der Waals surface area contributed by atoms with Crippen LogP contribution >= 0.6 is 11.3 Å². The predicted molar refractivity (Wildman–Crippen MR) is 83.9 cm³/mol. The first-order valence-corrected chi connectivity index (χ1v) is 9.03. The van der Waals surface area contributed by atoms with Gasteiger partial charge in [0, 0.05) is 25.0 Å². The van der Waals surface area contributed by atoms with Gasteiger partial charge >= 0.3 is 0 Å². The molecule has 7 heteroatoms. The summed E-state index contributed by atoms with van der Waals surface area (Å²) in [5.74, 6) is 0.790. The Morgan fingerprint density at radius 1 is 1.55 bits per heavy atom. The molecule has 2 atom stereocenters. The molecule has 22 heavy (non-hydrogen) atoms. The van der Waals surface area contributed by atoms with Crippen LogP contribution in [-0.4, -0.2) is 48.4 Å². The topological polar surface area (TPSA) is 67.4 Å². The van der Waals surface area contributed by atoms with E-state index >= 15 is 0 Å². The number of nitrogens with zero attached hydrogens (tertiary/aromatic N) is 3. The van der Waals surface area contributed by atoms with Gasteiger partial charge in [0.1, 0.15) is 11.6 Å². The van der Waals surface area contributed by atoms with Gasteiger partial charge in [-0.25, -0.2) is 0 Å². The number of hydrogen-bond acceptors (Lipinski definition) is 6. The number of rotatable bonds is 4. The van der Waals surface area contributed by atoms with Crippen molar-refractivity contribution in [2.24, 2.45) is 11.3 Å². The molecule has 6 nitrogen and oxygen atoms in total. The molecule has 1 N–H and O–H groups in total. The molecule has 1 amide bonds. The third-order valence-corrected chi connectivity index (χ3v) is 5.79. The van der Waals surface area contributed by atoms with Gasteiger partial charge in [-0.2, -0.15) is 0 Å². The molecular formula is C15H22N4O2S. The van der Waals surface area contributed by atoms with Crippen molar-refractivity contribution in [1.82, 2.24) is 15.5 Å². The van der Waals surface area contributed by atoms with E-state index in [1.54, 1.807) is 16.8 Å². The van der Waals surface area contributed by atoms with Gasteiger partial charge in [0.05, 0.1) is 6.61 Å². The Hall–Kier alpha value is -1.21. The second-order valence-electron chi connectivity index (χ2n) is 6.94. The number of carbonyl (C=O) groups is 1. The van der Waals surface area contributed by atoms with Crippen molar-refractivity contribution in [3.63, 3.8) is 0 Å². The van der Waals surface area contributed by atoms with Crippen LogP contribution in [0.15, 0.2) is 5.51 Å². The molecule has 1 spiro atoms. The average molecular weight is 322 g/mol. The number of nitrogens with one attached hydrogen (secondary N) is 1. The van der Waals surface area contributed by atoms with Crippen LogP contribution in [0, 0.1) is 11.3 Å². The summed E-state index contributed by atoms with van der Waals surface area (Å²) in [4.78, 5) is 14.5. The van der Waals surface area contributed by atoms with Crippen molar-refractivity contribution in [1.29, 1.82) is 0 Å². The van der Waals surface area contributed by atoms with E-state index in [4.69, 9.17) is 4.74 Å². The molecule has 4 rings (SSSR count). The second kappa shape index (κ2) is 5.77. The second-order valence-corrected chi connectivity index (χ2v) is 7.75. The Kier molecular flexibility index (Phi) is 3.78. The van der Waals surface area contributed by atoms with E-state index in [0.717, 1.165) is 44.0 Å². The lowest BCUT2D eigenvalue weighted by atomic mass is 9.78. The van der Waals surface area contributed by atoms with Crippen LogP contribution in [0.1, 0.15) is 32.1 Å². The molecule has 0 unspecified atom stereocenters. The number of amides is 1.